The van der Waals surface area contributed by atoms with Gasteiger partial charge in [-0.2, -0.15) is 0 Å². The number of halogens is 2. The van der Waals surface area contributed by atoms with Gasteiger partial charge in [-0.15, -0.1) is 0 Å². The van der Waals surface area contributed by atoms with Gasteiger partial charge in [-0.1, -0.05) is 23.2 Å². The molecular weight excluding hydrogens is 315 g/mol. The molecule has 1 aliphatic rings. The Morgan fingerprint density at radius 1 is 1.24 bits per heavy atom. The van der Waals surface area contributed by atoms with Gasteiger partial charge in [-0.25, -0.2) is 0 Å². The van der Waals surface area contributed by atoms with Gasteiger partial charge < -0.3 is 15.4 Å². The third-order valence-electron chi connectivity index (χ3n) is 3.64. The molecule has 0 atom stereocenters. The predicted octanol–water partition coefficient (Wildman–Crippen LogP) is 2.60. The highest BCUT2D eigenvalue weighted by molar-refractivity contribution is 6.39. The maximum atomic E-state index is 12.4. The zero-order chi connectivity index (χ0) is 15.6. The minimum atomic E-state index is -0.222. The van der Waals surface area contributed by atoms with E-state index in [0.717, 1.165) is 0 Å². The van der Waals surface area contributed by atoms with E-state index in [0.29, 0.717) is 31.5 Å². The normalized spacial score (nSPS) is 15.9. The number of nitrogens with zero attached hydrogens (tertiary/aromatic N) is 1. The number of esters is 1. The van der Waals surface area contributed by atoms with E-state index >= 15 is 0 Å². The third kappa shape index (κ3) is 3.41. The van der Waals surface area contributed by atoms with Crippen molar-refractivity contribution < 1.29 is 14.3 Å². The van der Waals surface area contributed by atoms with Crippen LogP contribution in [0.5, 0.6) is 0 Å². The maximum absolute atomic E-state index is 12.4. The quantitative estimate of drug-likeness (QED) is 0.668. The van der Waals surface area contributed by atoms with E-state index in [9.17, 15) is 9.59 Å². The molecule has 1 aromatic rings. The van der Waals surface area contributed by atoms with Crippen LogP contribution in [0.25, 0.3) is 0 Å². The standard InChI is InChI=1S/C14H16Cl2N2O3/c1-21-14(20)8-2-4-18(5-3-8)13(19)9-6-10(15)12(17)11(16)7-9/h6-8H,2-5,17H2,1H3. The number of amides is 1. The first-order valence-corrected chi connectivity index (χ1v) is 7.31. The number of anilines is 1. The van der Waals surface area contributed by atoms with Crippen LogP contribution in [0, 0.1) is 5.92 Å². The van der Waals surface area contributed by atoms with Crippen LogP contribution in [-0.2, 0) is 9.53 Å². The van der Waals surface area contributed by atoms with Gasteiger partial charge in [0.2, 0.25) is 0 Å². The average Bonchev–Trinajstić information content (AvgIpc) is 2.50. The molecule has 5 nitrogen and oxygen atoms in total. The maximum Gasteiger partial charge on any atom is 0.308 e. The molecule has 0 aromatic heterocycles. The first-order valence-electron chi connectivity index (χ1n) is 6.55. The fraction of sp³-hybridized carbons (Fsp3) is 0.429. The summed E-state index contributed by atoms with van der Waals surface area (Å²) in [6.45, 7) is 0.996. The van der Waals surface area contributed by atoms with E-state index in [1.54, 1.807) is 4.90 Å². The molecule has 2 N–H and O–H groups in total. The van der Waals surface area contributed by atoms with Gasteiger partial charge in [0.15, 0.2) is 0 Å². The molecule has 0 unspecified atom stereocenters. The van der Waals surface area contributed by atoms with E-state index in [1.807, 2.05) is 0 Å². The summed E-state index contributed by atoms with van der Waals surface area (Å²) in [4.78, 5) is 25.6. The molecule has 7 heteroatoms. The summed E-state index contributed by atoms with van der Waals surface area (Å²) in [6.07, 6.45) is 1.18. The highest BCUT2D eigenvalue weighted by Gasteiger charge is 2.28. The van der Waals surface area contributed by atoms with Crippen LogP contribution < -0.4 is 5.73 Å². The lowest BCUT2D eigenvalue weighted by atomic mass is 9.96. The molecule has 0 saturated carbocycles. The summed E-state index contributed by atoms with van der Waals surface area (Å²) >= 11 is 11.9. The number of piperidine rings is 1. The summed E-state index contributed by atoms with van der Waals surface area (Å²) in [6, 6.07) is 3.02. The second-order valence-corrected chi connectivity index (χ2v) is 5.76. The van der Waals surface area contributed by atoms with Crippen LogP contribution in [0.4, 0.5) is 5.69 Å². The number of carbonyl (C=O) groups is 2. The third-order valence-corrected chi connectivity index (χ3v) is 4.27. The van der Waals surface area contributed by atoms with Crippen LogP contribution in [0.15, 0.2) is 12.1 Å². The van der Waals surface area contributed by atoms with E-state index in [1.165, 1.54) is 19.2 Å². The summed E-state index contributed by atoms with van der Waals surface area (Å²) in [7, 11) is 1.37. The van der Waals surface area contributed by atoms with E-state index in [-0.39, 0.29) is 33.5 Å². The van der Waals surface area contributed by atoms with Gasteiger partial charge in [0.25, 0.3) is 5.91 Å². The Bertz CT molecular complexity index is 546. The molecule has 1 aromatic carbocycles. The number of hydrogen-bond acceptors (Lipinski definition) is 4. The number of likely N-dealkylation sites (tertiary alicyclic amines) is 1. The number of rotatable bonds is 2. The Morgan fingerprint density at radius 2 is 1.76 bits per heavy atom. The van der Waals surface area contributed by atoms with Gasteiger partial charge in [0.05, 0.1) is 28.8 Å². The molecular formula is C14H16Cl2N2O3. The van der Waals surface area contributed by atoms with Gasteiger partial charge in [0, 0.05) is 18.7 Å². The summed E-state index contributed by atoms with van der Waals surface area (Å²) in [5.41, 5.74) is 6.32. The summed E-state index contributed by atoms with van der Waals surface area (Å²) < 4.78 is 4.72. The predicted molar refractivity (Wildman–Crippen MR) is 81.5 cm³/mol. The summed E-state index contributed by atoms with van der Waals surface area (Å²) in [5.74, 6) is -0.527. The van der Waals surface area contributed by atoms with Gasteiger partial charge in [-0.3, -0.25) is 9.59 Å². The zero-order valence-corrected chi connectivity index (χ0v) is 13.1. The van der Waals surface area contributed by atoms with E-state index < -0.39 is 0 Å². The van der Waals surface area contributed by atoms with Crippen molar-refractivity contribution in [3.05, 3.63) is 27.7 Å². The number of nitrogens with two attached hydrogens (primary N) is 1. The smallest absolute Gasteiger partial charge is 0.308 e. The average molecular weight is 331 g/mol. The van der Waals surface area contributed by atoms with Crippen molar-refractivity contribution in [2.45, 2.75) is 12.8 Å². The fourth-order valence-corrected chi connectivity index (χ4v) is 2.86. The molecule has 114 valence electrons. The molecule has 1 aliphatic heterocycles. The Morgan fingerprint density at radius 3 is 2.24 bits per heavy atom. The Hall–Kier alpha value is -1.46. The lowest BCUT2D eigenvalue weighted by Crippen LogP contribution is -2.40. The van der Waals surface area contributed by atoms with Crippen molar-refractivity contribution in [2.24, 2.45) is 5.92 Å². The van der Waals surface area contributed by atoms with Gasteiger partial charge >= 0.3 is 5.97 Å². The van der Waals surface area contributed by atoms with Crippen LogP contribution in [-0.4, -0.2) is 37.0 Å². The van der Waals surface area contributed by atoms with Crippen molar-refractivity contribution in [1.82, 2.24) is 4.90 Å². The highest BCUT2D eigenvalue weighted by Crippen LogP contribution is 2.30. The molecule has 0 spiro atoms. The molecule has 1 heterocycles. The Kier molecular flexibility index (Phi) is 4.96. The first kappa shape index (κ1) is 15.9. The molecule has 2 rings (SSSR count). The minimum Gasteiger partial charge on any atom is -0.469 e. The van der Waals surface area contributed by atoms with Crippen LogP contribution in [0.3, 0.4) is 0 Å². The lowest BCUT2D eigenvalue weighted by Gasteiger charge is -2.30. The van der Waals surface area contributed by atoms with Crippen molar-refractivity contribution in [3.8, 4) is 0 Å². The second-order valence-electron chi connectivity index (χ2n) is 4.94. The van der Waals surface area contributed by atoms with Crippen molar-refractivity contribution in [2.75, 3.05) is 25.9 Å². The number of carbonyl (C=O) groups excluding carboxylic acids is 2. The number of methoxy groups -OCH3 is 1. The number of ether oxygens (including phenoxy) is 1. The van der Waals surface area contributed by atoms with Crippen LogP contribution in [0.2, 0.25) is 10.0 Å². The van der Waals surface area contributed by atoms with Crippen LogP contribution in [0.1, 0.15) is 23.2 Å². The van der Waals surface area contributed by atoms with Crippen LogP contribution >= 0.6 is 23.2 Å². The molecule has 1 fully saturated rings. The number of nitrogen functional groups attached to an aromatic ring is 1. The van der Waals surface area contributed by atoms with Gasteiger partial charge in [-0.05, 0) is 25.0 Å². The van der Waals surface area contributed by atoms with Crippen molar-refractivity contribution in [1.29, 1.82) is 0 Å². The Labute approximate surface area is 132 Å². The monoisotopic (exact) mass is 330 g/mol. The highest BCUT2D eigenvalue weighted by atomic mass is 35.5. The van der Waals surface area contributed by atoms with Crippen molar-refractivity contribution >= 4 is 40.8 Å². The first-order chi connectivity index (χ1) is 9.93. The molecule has 21 heavy (non-hydrogen) atoms. The fourth-order valence-electron chi connectivity index (χ4n) is 2.38. The largest absolute Gasteiger partial charge is 0.469 e. The SMILES string of the molecule is COC(=O)C1CCN(C(=O)c2cc(Cl)c(N)c(Cl)c2)CC1. The Balaban J connectivity index is 2.07. The molecule has 1 amide bonds. The number of hydrogen-bond donors (Lipinski definition) is 1. The molecule has 0 bridgehead atoms. The summed E-state index contributed by atoms with van der Waals surface area (Å²) in [5, 5.41) is 0.519. The van der Waals surface area contributed by atoms with E-state index in [2.05, 4.69) is 0 Å². The lowest BCUT2D eigenvalue weighted by molar-refractivity contribution is -0.146. The molecule has 0 radical (unpaired) electrons. The van der Waals surface area contributed by atoms with Gasteiger partial charge in [0.1, 0.15) is 0 Å². The van der Waals surface area contributed by atoms with Crippen molar-refractivity contribution in [3.63, 3.8) is 0 Å². The number of benzene rings is 1. The van der Waals surface area contributed by atoms with E-state index in [4.69, 9.17) is 33.7 Å². The molecule has 0 aliphatic carbocycles. The minimum absolute atomic E-state index is 0.141. The second kappa shape index (κ2) is 6.54. The zero-order valence-electron chi connectivity index (χ0n) is 11.6. The topological polar surface area (TPSA) is 72.6 Å². The molecule has 1 saturated heterocycles.